The molecule has 0 spiro atoms. The number of benzene rings is 2. The van der Waals surface area contributed by atoms with E-state index in [1.807, 2.05) is 13.0 Å². The summed E-state index contributed by atoms with van der Waals surface area (Å²) in [5.74, 6) is 1.81. The molecule has 196 valence electrons. The summed E-state index contributed by atoms with van der Waals surface area (Å²) in [6.07, 6.45) is 3.64. The molecule has 1 unspecified atom stereocenters. The fourth-order valence-corrected chi connectivity index (χ4v) is 5.52. The zero-order valence-corrected chi connectivity index (χ0v) is 21.3. The highest BCUT2D eigenvalue weighted by Gasteiger charge is 2.33. The summed E-state index contributed by atoms with van der Waals surface area (Å²) in [7, 11) is 0. The van der Waals surface area contributed by atoms with Gasteiger partial charge in [-0.3, -0.25) is 9.59 Å². The van der Waals surface area contributed by atoms with Crippen LogP contribution in [-0.4, -0.2) is 48.1 Å². The SMILES string of the molecule is C.CCCC(=O)[C@H](CS)NOC(=O)CCN1CCC(C2c3ccccc3COc3ccccc32)CC1. The molecule has 7 heteroatoms. The first kappa shape index (κ1) is 28.2. The molecule has 2 aliphatic rings. The van der Waals surface area contributed by atoms with E-state index in [1.54, 1.807) is 0 Å². The number of thiol groups is 1. The van der Waals surface area contributed by atoms with Gasteiger partial charge in [0, 0.05) is 30.2 Å². The van der Waals surface area contributed by atoms with Crippen molar-refractivity contribution in [2.24, 2.45) is 5.92 Å². The molecule has 2 atom stereocenters. The summed E-state index contributed by atoms with van der Waals surface area (Å²) < 4.78 is 6.16. The number of para-hydroxylation sites is 1. The number of ketones is 1. The predicted molar refractivity (Wildman–Crippen MR) is 146 cm³/mol. The van der Waals surface area contributed by atoms with Gasteiger partial charge in [0.05, 0.1) is 6.42 Å². The zero-order chi connectivity index (χ0) is 24.6. The second-order valence-corrected chi connectivity index (χ2v) is 9.84. The molecular formula is C29H40N2O4S. The van der Waals surface area contributed by atoms with Crippen molar-refractivity contribution in [2.45, 2.75) is 65.0 Å². The van der Waals surface area contributed by atoms with Gasteiger partial charge in [0.25, 0.3) is 0 Å². The summed E-state index contributed by atoms with van der Waals surface area (Å²) in [6, 6.07) is 16.5. The number of nitrogens with one attached hydrogen (secondary N) is 1. The maximum absolute atomic E-state index is 12.2. The van der Waals surface area contributed by atoms with Crippen LogP contribution in [-0.2, 0) is 21.0 Å². The van der Waals surface area contributed by atoms with Gasteiger partial charge in [-0.25, -0.2) is 0 Å². The lowest BCUT2D eigenvalue weighted by Gasteiger charge is -2.36. The van der Waals surface area contributed by atoms with Crippen LogP contribution in [0.1, 0.15) is 69.1 Å². The molecule has 0 amide bonds. The van der Waals surface area contributed by atoms with Crippen molar-refractivity contribution in [2.75, 3.05) is 25.4 Å². The van der Waals surface area contributed by atoms with E-state index < -0.39 is 6.04 Å². The number of hydrogen-bond donors (Lipinski definition) is 2. The van der Waals surface area contributed by atoms with E-state index in [0.29, 0.717) is 43.6 Å². The number of hydrogen-bond acceptors (Lipinski definition) is 7. The highest BCUT2D eigenvalue weighted by atomic mass is 32.1. The second-order valence-electron chi connectivity index (χ2n) is 9.48. The van der Waals surface area contributed by atoms with Crippen molar-refractivity contribution in [3.63, 3.8) is 0 Å². The molecule has 0 aromatic heterocycles. The minimum Gasteiger partial charge on any atom is -0.489 e. The highest BCUT2D eigenvalue weighted by molar-refractivity contribution is 7.80. The number of rotatable bonds is 10. The van der Waals surface area contributed by atoms with Crippen molar-refractivity contribution in [3.8, 4) is 5.75 Å². The number of ether oxygens (including phenoxy) is 1. The molecule has 0 saturated carbocycles. The number of carbonyl (C=O) groups is 2. The van der Waals surface area contributed by atoms with Gasteiger partial charge in [-0.05, 0) is 55.5 Å². The van der Waals surface area contributed by atoms with Crippen LogP contribution in [0.3, 0.4) is 0 Å². The lowest BCUT2D eigenvalue weighted by Crippen LogP contribution is -2.41. The smallest absolute Gasteiger partial charge is 0.326 e. The maximum atomic E-state index is 12.2. The van der Waals surface area contributed by atoms with E-state index in [-0.39, 0.29) is 19.2 Å². The van der Waals surface area contributed by atoms with Crippen LogP contribution in [0.15, 0.2) is 48.5 Å². The van der Waals surface area contributed by atoms with Gasteiger partial charge < -0.3 is 14.5 Å². The summed E-state index contributed by atoms with van der Waals surface area (Å²) in [4.78, 5) is 31.8. The molecular weight excluding hydrogens is 472 g/mol. The Bertz CT molecular complexity index is 959. The topological polar surface area (TPSA) is 67.9 Å². The number of fused-ring (bicyclic) bond motifs is 2. The Hall–Kier alpha value is -2.35. The number of piperidine rings is 1. The van der Waals surface area contributed by atoms with Crippen molar-refractivity contribution >= 4 is 24.4 Å². The van der Waals surface area contributed by atoms with Crippen molar-refractivity contribution < 1.29 is 19.2 Å². The summed E-state index contributed by atoms with van der Waals surface area (Å²) in [5, 5.41) is 0. The predicted octanol–water partition coefficient (Wildman–Crippen LogP) is 5.16. The molecule has 1 fully saturated rings. The molecule has 2 aromatic rings. The largest absolute Gasteiger partial charge is 0.489 e. The molecule has 36 heavy (non-hydrogen) atoms. The molecule has 6 nitrogen and oxygen atoms in total. The summed E-state index contributed by atoms with van der Waals surface area (Å²) >= 11 is 4.19. The van der Waals surface area contributed by atoms with E-state index in [2.05, 4.69) is 65.5 Å². The fraction of sp³-hybridized carbons (Fsp3) is 0.517. The van der Waals surface area contributed by atoms with E-state index in [4.69, 9.17) is 9.57 Å². The third kappa shape index (κ3) is 6.90. The summed E-state index contributed by atoms with van der Waals surface area (Å²) in [6.45, 7) is 5.10. The van der Waals surface area contributed by atoms with E-state index in [9.17, 15) is 9.59 Å². The van der Waals surface area contributed by atoms with Gasteiger partial charge >= 0.3 is 5.97 Å². The number of Topliss-reactive ketones (excluding diaryl/α,β-unsaturated/α-hetero) is 1. The number of nitrogens with zero attached hydrogens (tertiary/aromatic N) is 1. The monoisotopic (exact) mass is 512 g/mol. The van der Waals surface area contributed by atoms with Crippen LogP contribution < -0.4 is 10.2 Å². The number of carbonyl (C=O) groups excluding carboxylic acids is 2. The molecule has 0 bridgehead atoms. The molecule has 2 heterocycles. The van der Waals surface area contributed by atoms with Crippen LogP contribution in [0.4, 0.5) is 0 Å². The fourth-order valence-electron chi connectivity index (χ4n) is 5.24. The van der Waals surface area contributed by atoms with Crippen molar-refractivity contribution in [1.29, 1.82) is 0 Å². The van der Waals surface area contributed by atoms with Gasteiger partial charge in [0.15, 0.2) is 5.78 Å². The van der Waals surface area contributed by atoms with E-state index in [1.165, 1.54) is 16.7 Å². The van der Waals surface area contributed by atoms with Crippen molar-refractivity contribution in [1.82, 2.24) is 10.4 Å². The van der Waals surface area contributed by atoms with Crippen LogP contribution in [0.2, 0.25) is 0 Å². The van der Waals surface area contributed by atoms with E-state index >= 15 is 0 Å². The van der Waals surface area contributed by atoms with Crippen LogP contribution in [0, 0.1) is 5.92 Å². The lowest BCUT2D eigenvalue weighted by molar-refractivity contribution is -0.154. The minimum atomic E-state index is -0.549. The Kier molecular flexibility index (Phi) is 10.8. The highest BCUT2D eigenvalue weighted by Crippen LogP contribution is 2.44. The van der Waals surface area contributed by atoms with E-state index in [0.717, 1.165) is 38.1 Å². The Morgan fingerprint density at radius 3 is 2.50 bits per heavy atom. The Morgan fingerprint density at radius 1 is 1.08 bits per heavy atom. The average molecular weight is 513 g/mol. The third-order valence-electron chi connectivity index (χ3n) is 7.15. The minimum absolute atomic E-state index is 0. The van der Waals surface area contributed by atoms with Crippen molar-refractivity contribution in [3.05, 3.63) is 65.2 Å². The third-order valence-corrected chi connectivity index (χ3v) is 7.51. The molecule has 1 N–H and O–H groups in total. The average Bonchev–Trinajstić information content (AvgIpc) is 3.05. The summed E-state index contributed by atoms with van der Waals surface area (Å²) in [5.41, 5.74) is 6.53. The standard InChI is InChI=1S/C28H36N2O4S.CH4/c1-2-7-25(31)24(19-35)29-34-27(32)14-17-30-15-12-20(13-16-30)28-22-9-4-3-8-21(22)18-33-26-11-6-5-10-23(26)28;/h3-6,8-11,20,24,28-29,35H,2,7,12-19H2,1H3;1H4/t24-,28?;/m0./s1. The quantitative estimate of drug-likeness (QED) is 0.338. The zero-order valence-electron chi connectivity index (χ0n) is 20.4. The molecule has 1 saturated heterocycles. The normalized spacial score (nSPS) is 18.6. The van der Waals surface area contributed by atoms with Gasteiger partial charge in [-0.1, -0.05) is 56.8 Å². The van der Waals surface area contributed by atoms with Gasteiger partial charge in [0.2, 0.25) is 0 Å². The first-order valence-corrected chi connectivity index (χ1v) is 13.3. The first-order valence-electron chi connectivity index (χ1n) is 12.7. The van der Waals surface area contributed by atoms with Crippen LogP contribution >= 0.6 is 12.6 Å². The lowest BCUT2D eigenvalue weighted by atomic mass is 9.75. The van der Waals surface area contributed by atoms with Gasteiger partial charge in [-0.2, -0.15) is 12.6 Å². The second kappa shape index (κ2) is 13.8. The first-order chi connectivity index (χ1) is 17.1. The molecule has 4 rings (SSSR count). The molecule has 2 aromatic carbocycles. The number of likely N-dealkylation sites (tertiary alicyclic amines) is 1. The Labute approximate surface area is 221 Å². The molecule has 0 radical (unpaired) electrons. The van der Waals surface area contributed by atoms with Gasteiger partial charge in [-0.15, -0.1) is 5.48 Å². The van der Waals surface area contributed by atoms with Gasteiger partial charge in [0.1, 0.15) is 18.4 Å². The van der Waals surface area contributed by atoms with Crippen LogP contribution in [0.5, 0.6) is 5.75 Å². The number of hydroxylamine groups is 1. The maximum Gasteiger partial charge on any atom is 0.326 e. The Balaban J connectivity index is 0.00000361. The molecule has 2 aliphatic heterocycles. The van der Waals surface area contributed by atoms with Crippen LogP contribution in [0.25, 0.3) is 0 Å². The Morgan fingerprint density at radius 2 is 1.78 bits per heavy atom. The molecule has 0 aliphatic carbocycles.